The van der Waals surface area contributed by atoms with Gasteiger partial charge in [0.1, 0.15) is 0 Å². The predicted molar refractivity (Wildman–Crippen MR) is 39.9 cm³/mol. The molecule has 0 aromatic heterocycles. The first kappa shape index (κ1) is 6.34. The van der Waals surface area contributed by atoms with Crippen LogP contribution in [0, 0.1) is 6.08 Å². The largest absolute Gasteiger partial charge is 0.0845 e. The zero-order chi connectivity index (χ0) is 6.36. The molecule has 47 valence electrons. The van der Waals surface area contributed by atoms with Gasteiger partial charge < -0.3 is 0 Å². The summed E-state index contributed by atoms with van der Waals surface area (Å²) in [6.45, 7) is 0. The van der Waals surface area contributed by atoms with Gasteiger partial charge in [-0.2, -0.15) is 0 Å². The average molecular weight is 119 g/mol. The Hall–Kier alpha value is -0.780. The molecular weight excluding hydrogens is 108 g/mol. The molecule has 0 nitrogen and oxygen atoms in total. The molecule has 0 fully saturated rings. The molecule has 1 radical (unpaired) electrons. The molecule has 0 heterocycles. The summed E-state index contributed by atoms with van der Waals surface area (Å²) in [5.74, 6) is 0. The van der Waals surface area contributed by atoms with E-state index in [4.69, 9.17) is 0 Å². The second kappa shape index (κ2) is 4.13. The van der Waals surface area contributed by atoms with Crippen molar-refractivity contribution in [3.63, 3.8) is 0 Å². The number of hydrogen-bond donors (Lipinski definition) is 0. The van der Waals surface area contributed by atoms with Crippen LogP contribution in [-0.4, -0.2) is 0 Å². The zero-order valence-electron chi connectivity index (χ0n) is 5.51. The molecule has 1 rings (SSSR count). The third-order valence-electron chi connectivity index (χ3n) is 1.28. The van der Waals surface area contributed by atoms with Crippen LogP contribution < -0.4 is 0 Å². The molecule has 0 aromatic rings. The standard InChI is InChI=1S/C9H11/c1-2-4-6-8-9-7-5-3-1/h1-4,8H,5,7,9H2. The fraction of sp³-hybridized carbons (Fsp3) is 0.333. The molecule has 1 aliphatic carbocycles. The lowest BCUT2D eigenvalue weighted by atomic mass is 10.2. The second-order valence-electron chi connectivity index (χ2n) is 2.09. The van der Waals surface area contributed by atoms with E-state index >= 15 is 0 Å². The Morgan fingerprint density at radius 3 is 3.11 bits per heavy atom. The summed E-state index contributed by atoms with van der Waals surface area (Å²) in [7, 11) is 0. The maximum atomic E-state index is 3.07. The van der Waals surface area contributed by atoms with Crippen LogP contribution in [-0.2, 0) is 0 Å². The Morgan fingerprint density at radius 1 is 1.11 bits per heavy atom. The third kappa shape index (κ3) is 2.91. The molecule has 0 bridgehead atoms. The highest BCUT2D eigenvalue weighted by atomic mass is 13.9. The average Bonchev–Trinajstić information content (AvgIpc) is 2.00. The van der Waals surface area contributed by atoms with Crippen molar-refractivity contribution in [2.24, 2.45) is 0 Å². The highest BCUT2D eigenvalue weighted by molar-refractivity contribution is 5.08. The minimum Gasteiger partial charge on any atom is -0.0845 e. The molecule has 0 heteroatoms. The molecule has 0 amide bonds. The Morgan fingerprint density at radius 2 is 2.11 bits per heavy atom. The van der Waals surface area contributed by atoms with Crippen LogP contribution in [0.15, 0.2) is 30.4 Å². The van der Waals surface area contributed by atoms with Crippen LogP contribution in [0.3, 0.4) is 0 Å². The monoisotopic (exact) mass is 119 g/mol. The van der Waals surface area contributed by atoms with Gasteiger partial charge >= 0.3 is 0 Å². The van der Waals surface area contributed by atoms with Gasteiger partial charge in [0.15, 0.2) is 0 Å². The Balaban J connectivity index is 2.45. The molecule has 0 saturated carbocycles. The van der Waals surface area contributed by atoms with Gasteiger partial charge in [-0.1, -0.05) is 30.4 Å². The summed E-state index contributed by atoms with van der Waals surface area (Å²) in [5, 5.41) is 0. The van der Waals surface area contributed by atoms with Crippen molar-refractivity contribution in [3.05, 3.63) is 36.5 Å². The van der Waals surface area contributed by atoms with Crippen molar-refractivity contribution in [1.82, 2.24) is 0 Å². The number of allylic oxidation sites excluding steroid dienone is 6. The minimum atomic E-state index is 1.16. The van der Waals surface area contributed by atoms with Gasteiger partial charge in [-0.25, -0.2) is 0 Å². The van der Waals surface area contributed by atoms with Gasteiger partial charge in [0.25, 0.3) is 0 Å². The maximum Gasteiger partial charge on any atom is -0.0227 e. The van der Waals surface area contributed by atoms with E-state index in [0.717, 1.165) is 6.42 Å². The van der Waals surface area contributed by atoms with Crippen molar-refractivity contribution in [1.29, 1.82) is 0 Å². The molecule has 0 unspecified atom stereocenters. The predicted octanol–water partition coefficient (Wildman–Crippen LogP) is 2.64. The van der Waals surface area contributed by atoms with Gasteiger partial charge in [-0.3, -0.25) is 0 Å². The fourth-order valence-electron chi connectivity index (χ4n) is 0.775. The Kier molecular flexibility index (Phi) is 2.91. The van der Waals surface area contributed by atoms with E-state index in [-0.39, 0.29) is 0 Å². The highest BCUT2D eigenvalue weighted by Crippen LogP contribution is 1.99. The van der Waals surface area contributed by atoms with Crippen LogP contribution >= 0.6 is 0 Å². The summed E-state index contributed by atoms with van der Waals surface area (Å²) in [6.07, 6.45) is 17.0. The summed E-state index contributed by atoms with van der Waals surface area (Å²) < 4.78 is 0. The van der Waals surface area contributed by atoms with E-state index in [9.17, 15) is 0 Å². The Bertz CT molecular complexity index is 122. The van der Waals surface area contributed by atoms with E-state index in [1.807, 2.05) is 12.2 Å². The Labute approximate surface area is 56.6 Å². The smallest absolute Gasteiger partial charge is 0.0227 e. The number of hydrogen-bond acceptors (Lipinski definition) is 0. The molecule has 1 aliphatic rings. The highest BCUT2D eigenvalue weighted by Gasteiger charge is 1.80. The van der Waals surface area contributed by atoms with E-state index in [1.54, 1.807) is 0 Å². The van der Waals surface area contributed by atoms with E-state index < -0.39 is 0 Å². The van der Waals surface area contributed by atoms with Gasteiger partial charge in [-0.05, 0) is 25.3 Å². The minimum absolute atomic E-state index is 1.16. The molecule has 0 saturated heterocycles. The van der Waals surface area contributed by atoms with Crippen molar-refractivity contribution in [2.45, 2.75) is 19.3 Å². The molecule has 0 spiro atoms. The first-order chi connectivity index (χ1) is 4.50. The third-order valence-corrected chi connectivity index (χ3v) is 1.28. The quantitative estimate of drug-likeness (QED) is 0.460. The lowest BCUT2D eigenvalue weighted by Crippen LogP contribution is -1.66. The SMILES string of the molecule is [C]1=CCCCC=CC=C1. The molecule has 0 aromatic carbocycles. The summed E-state index contributed by atoms with van der Waals surface area (Å²) >= 11 is 0. The molecule has 0 N–H and O–H groups in total. The lowest BCUT2D eigenvalue weighted by molar-refractivity contribution is 0.868. The molecule has 9 heavy (non-hydrogen) atoms. The van der Waals surface area contributed by atoms with Crippen LogP contribution in [0.25, 0.3) is 0 Å². The topological polar surface area (TPSA) is 0 Å². The van der Waals surface area contributed by atoms with Crippen LogP contribution in [0.2, 0.25) is 0 Å². The van der Waals surface area contributed by atoms with E-state index in [0.29, 0.717) is 0 Å². The van der Waals surface area contributed by atoms with Gasteiger partial charge in [0, 0.05) is 0 Å². The van der Waals surface area contributed by atoms with E-state index in [2.05, 4.69) is 24.3 Å². The molecule has 0 aliphatic heterocycles. The fourth-order valence-corrected chi connectivity index (χ4v) is 0.775. The summed E-state index contributed by atoms with van der Waals surface area (Å²) in [6, 6.07) is 0. The second-order valence-corrected chi connectivity index (χ2v) is 2.09. The van der Waals surface area contributed by atoms with Crippen LogP contribution in [0.1, 0.15) is 19.3 Å². The van der Waals surface area contributed by atoms with Gasteiger partial charge in [-0.15, -0.1) is 0 Å². The zero-order valence-corrected chi connectivity index (χ0v) is 5.51. The van der Waals surface area contributed by atoms with Crippen LogP contribution in [0.5, 0.6) is 0 Å². The number of rotatable bonds is 0. The summed E-state index contributed by atoms with van der Waals surface area (Å²) in [5.41, 5.74) is 0. The van der Waals surface area contributed by atoms with Crippen molar-refractivity contribution >= 4 is 0 Å². The molecular formula is C9H11. The summed E-state index contributed by atoms with van der Waals surface area (Å²) in [4.78, 5) is 0. The van der Waals surface area contributed by atoms with Crippen molar-refractivity contribution in [2.75, 3.05) is 0 Å². The van der Waals surface area contributed by atoms with Crippen LogP contribution in [0.4, 0.5) is 0 Å². The first-order valence-electron chi connectivity index (χ1n) is 3.39. The van der Waals surface area contributed by atoms with Gasteiger partial charge in [0.05, 0.1) is 0 Å². The van der Waals surface area contributed by atoms with E-state index in [1.165, 1.54) is 12.8 Å². The van der Waals surface area contributed by atoms with Gasteiger partial charge in [0.2, 0.25) is 0 Å². The normalized spacial score (nSPS) is 18.7. The molecule has 0 atom stereocenters. The van der Waals surface area contributed by atoms with Crippen molar-refractivity contribution < 1.29 is 0 Å². The van der Waals surface area contributed by atoms with Crippen molar-refractivity contribution in [3.8, 4) is 0 Å². The maximum absolute atomic E-state index is 3.07. The first-order valence-corrected chi connectivity index (χ1v) is 3.39. The lowest BCUT2D eigenvalue weighted by Gasteiger charge is -1.85.